The number of halogens is 2. The molecule has 2 aromatic carbocycles. The first-order chi connectivity index (χ1) is 11.5. The van der Waals surface area contributed by atoms with E-state index in [-0.39, 0.29) is 12.1 Å². The Bertz CT molecular complexity index is 929. The second-order valence-electron chi connectivity index (χ2n) is 5.52. The smallest absolute Gasteiger partial charge is 0.276 e. The molecule has 0 saturated carbocycles. The van der Waals surface area contributed by atoms with Crippen LogP contribution in [0.3, 0.4) is 0 Å². The van der Waals surface area contributed by atoms with Gasteiger partial charge in [-0.25, -0.2) is 13.5 Å². The maximum atomic E-state index is 13.3. The van der Waals surface area contributed by atoms with Crippen molar-refractivity contribution in [3.63, 3.8) is 0 Å². The lowest BCUT2D eigenvalue weighted by atomic mass is 10.2. The van der Waals surface area contributed by atoms with Crippen LogP contribution in [0, 0.1) is 18.6 Å². The van der Waals surface area contributed by atoms with E-state index in [9.17, 15) is 13.6 Å². The quantitative estimate of drug-likeness (QED) is 0.797. The third-order valence-corrected chi connectivity index (χ3v) is 4.06. The fraction of sp³-hybridized carbons (Fsp3) is 0.167. The largest absolute Gasteiger partial charge is 0.381 e. The molecule has 1 N–H and O–H groups in total. The van der Waals surface area contributed by atoms with Crippen molar-refractivity contribution in [2.75, 3.05) is 5.32 Å². The van der Waals surface area contributed by atoms with Gasteiger partial charge in [0.25, 0.3) is 5.56 Å². The van der Waals surface area contributed by atoms with Crippen molar-refractivity contribution in [3.05, 3.63) is 81.8 Å². The van der Waals surface area contributed by atoms with E-state index in [1.165, 1.54) is 6.07 Å². The average molecular weight is 329 g/mol. The highest BCUT2D eigenvalue weighted by atomic mass is 19.2. The molecule has 0 radical (unpaired) electrons. The first-order valence-electron chi connectivity index (χ1n) is 7.51. The summed E-state index contributed by atoms with van der Waals surface area (Å²) in [6.07, 6.45) is 0. The monoisotopic (exact) mass is 329 g/mol. The van der Waals surface area contributed by atoms with Crippen molar-refractivity contribution >= 4 is 5.69 Å². The lowest BCUT2D eigenvalue weighted by Gasteiger charge is -2.07. The van der Waals surface area contributed by atoms with Crippen LogP contribution in [0.25, 0.3) is 5.69 Å². The molecule has 4 nitrogen and oxygen atoms in total. The van der Waals surface area contributed by atoms with Gasteiger partial charge in [-0.05, 0) is 31.2 Å². The van der Waals surface area contributed by atoms with Crippen molar-refractivity contribution < 1.29 is 8.78 Å². The van der Waals surface area contributed by atoms with Gasteiger partial charge < -0.3 is 5.32 Å². The topological polar surface area (TPSA) is 39.0 Å². The number of nitrogens with one attached hydrogen (secondary N) is 1. The number of benzene rings is 2. The molecule has 6 heteroatoms. The van der Waals surface area contributed by atoms with Gasteiger partial charge in [0.15, 0.2) is 11.6 Å². The van der Waals surface area contributed by atoms with E-state index >= 15 is 0 Å². The molecule has 1 heterocycles. The van der Waals surface area contributed by atoms with Crippen LogP contribution in [0.5, 0.6) is 0 Å². The van der Waals surface area contributed by atoms with Crippen molar-refractivity contribution in [2.45, 2.75) is 13.5 Å². The molecule has 0 amide bonds. The van der Waals surface area contributed by atoms with E-state index in [2.05, 4.69) is 5.32 Å². The lowest BCUT2D eigenvalue weighted by molar-refractivity contribution is 0.509. The molecule has 0 atom stereocenters. The molecule has 0 saturated heterocycles. The zero-order valence-electron chi connectivity index (χ0n) is 13.4. The molecule has 0 fully saturated rings. The molecule has 3 rings (SSSR count). The van der Waals surface area contributed by atoms with E-state index in [1.807, 2.05) is 44.3 Å². The molecule has 0 aliphatic rings. The Morgan fingerprint density at radius 1 is 1.04 bits per heavy atom. The highest BCUT2D eigenvalue weighted by Gasteiger charge is 2.15. The summed E-state index contributed by atoms with van der Waals surface area (Å²) in [4.78, 5) is 12.7. The van der Waals surface area contributed by atoms with Crippen LogP contribution in [0.1, 0.15) is 11.3 Å². The van der Waals surface area contributed by atoms with Crippen LogP contribution >= 0.6 is 0 Å². The minimum absolute atomic E-state index is 0.142. The minimum atomic E-state index is -0.925. The highest BCUT2D eigenvalue weighted by molar-refractivity contribution is 5.44. The molecule has 124 valence electrons. The minimum Gasteiger partial charge on any atom is -0.381 e. The Labute approximate surface area is 138 Å². The van der Waals surface area contributed by atoms with Crippen molar-refractivity contribution in [1.82, 2.24) is 9.36 Å². The van der Waals surface area contributed by atoms with Crippen LogP contribution in [-0.4, -0.2) is 9.36 Å². The Hall–Kier alpha value is -2.89. The van der Waals surface area contributed by atoms with E-state index in [0.29, 0.717) is 11.3 Å². The zero-order chi connectivity index (χ0) is 17.3. The van der Waals surface area contributed by atoms with Gasteiger partial charge in [-0.15, -0.1) is 0 Å². The first kappa shape index (κ1) is 16.0. The molecule has 0 aliphatic heterocycles. The number of anilines is 1. The summed E-state index contributed by atoms with van der Waals surface area (Å²) in [5, 5.41) is 2.97. The molecule has 1 aromatic heterocycles. The number of para-hydroxylation sites is 1. The van der Waals surface area contributed by atoms with Gasteiger partial charge in [0.2, 0.25) is 0 Å². The molecule has 0 bridgehead atoms. The fourth-order valence-corrected chi connectivity index (χ4v) is 2.62. The van der Waals surface area contributed by atoms with E-state index in [1.54, 1.807) is 9.36 Å². The van der Waals surface area contributed by atoms with Crippen LogP contribution in [0.2, 0.25) is 0 Å². The summed E-state index contributed by atoms with van der Waals surface area (Å²) in [5.74, 6) is -1.82. The van der Waals surface area contributed by atoms with E-state index in [0.717, 1.165) is 23.5 Å². The van der Waals surface area contributed by atoms with Crippen LogP contribution in [0.15, 0.2) is 53.3 Å². The number of rotatable bonds is 4. The highest BCUT2D eigenvalue weighted by Crippen LogP contribution is 2.15. The molecular weight excluding hydrogens is 312 g/mol. The van der Waals surface area contributed by atoms with Crippen molar-refractivity contribution in [2.24, 2.45) is 7.05 Å². The molecular formula is C18H17F2N3O. The summed E-state index contributed by atoms with van der Waals surface area (Å²) in [6, 6.07) is 12.9. The molecule has 3 aromatic rings. The van der Waals surface area contributed by atoms with Gasteiger partial charge in [-0.1, -0.05) is 18.2 Å². The molecule has 24 heavy (non-hydrogen) atoms. The number of hydrogen-bond donors (Lipinski definition) is 1. The number of hydrogen-bond acceptors (Lipinski definition) is 2. The summed E-state index contributed by atoms with van der Waals surface area (Å²) < 4.78 is 29.6. The van der Waals surface area contributed by atoms with Crippen LogP contribution in [-0.2, 0) is 13.6 Å². The number of nitrogens with zero attached hydrogens (tertiary/aromatic N) is 2. The summed E-state index contributed by atoms with van der Waals surface area (Å²) in [7, 11) is 1.81. The van der Waals surface area contributed by atoms with Crippen LogP contribution in [0.4, 0.5) is 14.5 Å². The Morgan fingerprint density at radius 2 is 1.75 bits per heavy atom. The normalized spacial score (nSPS) is 10.8. The van der Waals surface area contributed by atoms with Gasteiger partial charge in [-0.2, -0.15) is 0 Å². The third kappa shape index (κ3) is 2.82. The van der Waals surface area contributed by atoms with Gasteiger partial charge in [0.05, 0.1) is 11.3 Å². The molecule has 0 unspecified atom stereocenters. The second kappa shape index (κ2) is 6.31. The summed E-state index contributed by atoms with van der Waals surface area (Å²) >= 11 is 0. The van der Waals surface area contributed by atoms with Gasteiger partial charge in [-0.3, -0.25) is 9.48 Å². The SMILES string of the molecule is Cc1c(CNc2ccc(F)c(F)c2)c(=O)n(-c2ccccc2)n1C. The number of aromatic nitrogens is 2. The van der Waals surface area contributed by atoms with Crippen molar-refractivity contribution in [1.29, 1.82) is 0 Å². The van der Waals surface area contributed by atoms with E-state index < -0.39 is 11.6 Å². The first-order valence-corrected chi connectivity index (χ1v) is 7.51. The maximum Gasteiger partial charge on any atom is 0.276 e. The van der Waals surface area contributed by atoms with Gasteiger partial charge in [0.1, 0.15) is 0 Å². The summed E-state index contributed by atoms with van der Waals surface area (Å²) in [6.45, 7) is 2.08. The second-order valence-corrected chi connectivity index (χ2v) is 5.52. The third-order valence-electron chi connectivity index (χ3n) is 4.06. The zero-order valence-corrected chi connectivity index (χ0v) is 13.4. The van der Waals surface area contributed by atoms with Crippen molar-refractivity contribution in [3.8, 4) is 5.69 Å². The Kier molecular flexibility index (Phi) is 4.20. The van der Waals surface area contributed by atoms with Gasteiger partial charge >= 0.3 is 0 Å². The predicted octanol–water partition coefficient (Wildman–Crippen LogP) is 3.37. The Morgan fingerprint density at radius 3 is 2.42 bits per heavy atom. The lowest BCUT2D eigenvalue weighted by Crippen LogP contribution is -2.21. The average Bonchev–Trinajstić information content (AvgIpc) is 2.79. The van der Waals surface area contributed by atoms with Crippen LogP contribution < -0.4 is 10.9 Å². The Balaban J connectivity index is 1.92. The molecule has 0 aliphatic carbocycles. The predicted molar refractivity (Wildman–Crippen MR) is 89.4 cm³/mol. The standard InChI is InChI=1S/C18H17F2N3O/c1-12-15(11-21-13-8-9-16(19)17(20)10-13)18(24)23(22(12)2)14-6-4-3-5-7-14/h3-10,21H,11H2,1-2H3. The summed E-state index contributed by atoms with van der Waals surface area (Å²) in [5.41, 5.74) is 2.43. The maximum absolute atomic E-state index is 13.3. The fourth-order valence-electron chi connectivity index (χ4n) is 2.62. The van der Waals surface area contributed by atoms with Gasteiger partial charge in [0, 0.05) is 31.0 Å². The molecule has 0 spiro atoms. The van der Waals surface area contributed by atoms with E-state index in [4.69, 9.17) is 0 Å².